The molecule has 0 fully saturated rings. The number of rotatable bonds is 1. The van der Waals surface area contributed by atoms with Crippen LogP contribution in [0.2, 0.25) is 0 Å². The van der Waals surface area contributed by atoms with Crippen LogP contribution >= 0.6 is 0 Å². The Bertz CT molecular complexity index is 455. The third kappa shape index (κ3) is 2.92. The predicted molar refractivity (Wildman–Crippen MR) is 76.9 cm³/mol. The highest BCUT2D eigenvalue weighted by Gasteiger charge is 2.44. The molecule has 0 aromatic carbocycles. The predicted octanol–water partition coefficient (Wildman–Crippen LogP) is 3.54. The van der Waals surface area contributed by atoms with Gasteiger partial charge in [0, 0.05) is 6.42 Å². The van der Waals surface area contributed by atoms with Crippen molar-refractivity contribution in [2.24, 2.45) is 10.8 Å². The van der Waals surface area contributed by atoms with E-state index in [0.29, 0.717) is 12.0 Å². The van der Waals surface area contributed by atoms with Gasteiger partial charge in [0.25, 0.3) is 0 Å². The molecular formula is C16H26O3. The highest BCUT2D eigenvalue weighted by molar-refractivity contribution is 5.93. The van der Waals surface area contributed by atoms with E-state index in [-0.39, 0.29) is 10.8 Å². The van der Waals surface area contributed by atoms with E-state index < -0.39 is 11.6 Å². The monoisotopic (exact) mass is 266 g/mol. The lowest BCUT2D eigenvalue weighted by molar-refractivity contribution is -0.132. The van der Waals surface area contributed by atoms with Crippen molar-refractivity contribution in [2.45, 2.75) is 60.5 Å². The molecule has 108 valence electrons. The van der Waals surface area contributed by atoms with Crippen LogP contribution < -0.4 is 0 Å². The molecule has 2 N–H and O–H groups in total. The van der Waals surface area contributed by atoms with Crippen molar-refractivity contribution >= 4 is 5.97 Å². The van der Waals surface area contributed by atoms with Crippen LogP contribution in [0.4, 0.5) is 0 Å². The van der Waals surface area contributed by atoms with E-state index in [9.17, 15) is 15.0 Å². The van der Waals surface area contributed by atoms with E-state index in [4.69, 9.17) is 0 Å². The first-order valence-electron chi connectivity index (χ1n) is 6.69. The first-order valence-corrected chi connectivity index (χ1v) is 6.69. The zero-order valence-electron chi connectivity index (χ0n) is 13.1. The van der Waals surface area contributed by atoms with Gasteiger partial charge in [-0.05, 0) is 29.4 Å². The van der Waals surface area contributed by atoms with Gasteiger partial charge < -0.3 is 10.2 Å². The molecule has 0 aliphatic heterocycles. The summed E-state index contributed by atoms with van der Waals surface area (Å²) in [6, 6.07) is 0. The Hall–Kier alpha value is -1.09. The molecule has 0 aromatic heterocycles. The average Bonchev–Trinajstić information content (AvgIpc) is 2.12. The summed E-state index contributed by atoms with van der Waals surface area (Å²) in [5.74, 6) is -0.908. The van der Waals surface area contributed by atoms with Crippen LogP contribution in [0.15, 0.2) is 22.8 Å². The molecule has 0 amide bonds. The van der Waals surface area contributed by atoms with Gasteiger partial charge in [0.15, 0.2) is 0 Å². The fourth-order valence-corrected chi connectivity index (χ4v) is 2.46. The van der Waals surface area contributed by atoms with Crippen LogP contribution in [-0.2, 0) is 4.79 Å². The molecule has 3 heteroatoms. The summed E-state index contributed by atoms with van der Waals surface area (Å²) < 4.78 is 0. The van der Waals surface area contributed by atoms with Crippen molar-refractivity contribution in [1.29, 1.82) is 0 Å². The molecule has 0 radical (unpaired) electrons. The lowest BCUT2D eigenvalue weighted by Gasteiger charge is -2.43. The van der Waals surface area contributed by atoms with Crippen LogP contribution in [0.1, 0.15) is 54.9 Å². The average molecular weight is 266 g/mol. The Morgan fingerprint density at radius 3 is 2.00 bits per heavy atom. The van der Waals surface area contributed by atoms with Crippen molar-refractivity contribution in [1.82, 2.24) is 0 Å². The molecule has 0 aromatic rings. The van der Waals surface area contributed by atoms with E-state index in [1.807, 2.05) is 41.5 Å². The number of carboxylic acid groups (broad SMARTS) is 1. The zero-order valence-corrected chi connectivity index (χ0v) is 13.1. The zero-order chi connectivity index (χ0) is 15.2. The van der Waals surface area contributed by atoms with Gasteiger partial charge in [-0.2, -0.15) is 0 Å². The standard InChI is InChI=1S/C16H26O3/c1-10-8-16(19,15(5,6)7)9-11(14(2,3)4)12(10)13(17)18/h9,19H,8H2,1-7H3,(H,17,18). The van der Waals surface area contributed by atoms with Crippen molar-refractivity contribution in [3.05, 3.63) is 22.8 Å². The summed E-state index contributed by atoms with van der Waals surface area (Å²) in [5, 5.41) is 20.3. The second kappa shape index (κ2) is 4.48. The number of aliphatic hydroxyl groups is 1. The molecule has 1 atom stereocenters. The lowest BCUT2D eigenvalue weighted by Crippen LogP contribution is -2.44. The topological polar surface area (TPSA) is 57.5 Å². The Morgan fingerprint density at radius 1 is 1.21 bits per heavy atom. The Balaban J connectivity index is 3.50. The Morgan fingerprint density at radius 2 is 1.68 bits per heavy atom. The molecule has 0 saturated carbocycles. The summed E-state index contributed by atoms with van der Waals surface area (Å²) >= 11 is 0. The third-order valence-corrected chi connectivity index (χ3v) is 3.93. The second-order valence-electron chi connectivity index (χ2n) is 7.62. The molecule has 0 spiro atoms. The highest BCUT2D eigenvalue weighted by Crippen LogP contribution is 2.46. The number of hydrogen-bond donors (Lipinski definition) is 2. The molecule has 1 unspecified atom stereocenters. The smallest absolute Gasteiger partial charge is 0.335 e. The molecule has 3 nitrogen and oxygen atoms in total. The SMILES string of the molecule is CC1=C(C(=O)O)C(C(C)(C)C)=CC(O)(C(C)(C)C)C1. The maximum atomic E-state index is 11.5. The summed E-state index contributed by atoms with van der Waals surface area (Å²) in [5.41, 5.74) is 0.183. The van der Waals surface area contributed by atoms with Gasteiger partial charge >= 0.3 is 5.97 Å². The first-order chi connectivity index (χ1) is 8.29. The summed E-state index contributed by atoms with van der Waals surface area (Å²) in [4.78, 5) is 11.5. The molecule has 1 aliphatic rings. The largest absolute Gasteiger partial charge is 0.478 e. The molecule has 0 bridgehead atoms. The normalized spacial score (nSPS) is 25.4. The van der Waals surface area contributed by atoms with Gasteiger partial charge in [-0.25, -0.2) is 4.79 Å². The quantitative estimate of drug-likeness (QED) is 0.763. The van der Waals surface area contributed by atoms with Crippen LogP contribution in [0.5, 0.6) is 0 Å². The van der Waals surface area contributed by atoms with Crippen molar-refractivity contribution in [3.8, 4) is 0 Å². The number of hydrogen-bond acceptors (Lipinski definition) is 2. The minimum atomic E-state index is -1.00. The van der Waals surface area contributed by atoms with Crippen molar-refractivity contribution in [3.63, 3.8) is 0 Å². The maximum absolute atomic E-state index is 11.5. The van der Waals surface area contributed by atoms with Crippen LogP contribution in [-0.4, -0.2) is 21.8 Å². The molecule has 1 rings (SSSR count). The van der Waals surface area contributed by atoms with E-state index in [0.717, 1.165) is 11.1 Å². The van der Waals surface area contributed by atoms with Gasteiger partial charge in [-0.15, -0.1) is 0 Å². The third-order valence-electron chi connectivity index (χ3n) is 3.93. The number of carboxylic acids is 1. The molecule has 0 heterocycles. The summed E-state index contributed by atoms with van der Waals surface area (Å²) in [7, 11) is 0. The minimum Gasteiger partial charge on any atom is -0.478 e. The van der Waals surface area contributed by atoms with Crippen LogP contribution in [0.25, 0.3) is 0 Å². The number of aliphatic carboxylic acids is 1. The summed E-state index contributed by atoms with van der Waals surface area (Å²) in [6.45, 7) is 13.7. The fraction of sp³-hybridized carbons (Fsp3) is 0.688. The summed E-state index contributed by atoms with van der Waals surface area (Å²) in [6.07, 6.45) is 2.14. The first kappa shape index (κ1) is 16.0. The van der Waals surface area contributed by atoms with Crippen molar-refractivity contribution < 1.29 is 15.0 Å². The minimum absolute atomic E-state index is 0.311. The van der Waals surface area contributed by atoms with Gasteiger partial charge in [0.1, 0.15) is 0 Å². The van der Waals surface area contributed by atoms with Gasteiger partial charge in [0.2, 0.25) is 0 Å². The van der Waals surface area contributed by atoms with E-state index in [1.165, 1.54) is 0 Å². The van der Waals surface area contributed by atoms with E-state index in [2.05, 4.69) is 0 Å². The molecular weight excluding hydrogens is 240 g/mol. The van der Waals surface area contributed by atoms with Crippen LogP contribution in [0.3, 0.4) is 0 Å². The van der Waals surface area contributed by atoms with Crippen LogP contribution in [0, 0.1) is 10.8 Å². The Labute approximate surface area is 116 Å². The van der Waals surface area contributed by atoms with Gasteiger partial charge in [-0.3, -0.25) is 0 Å². The van der Waals surface area contributed by atoms with Gasteiger partial charge in [0.05, 0.1) is 11.2 Å². The van der Waals surface area contributed by atoms with E-state index in [1.54, 1.807) is 13.0 Å². The molecule has 0 saturated heterocycles. The van der Waals surface area contributed by atoms with Crippen molar-refractivity contribution in [2.75, 3.05) is 0 Å². The van der Waals surface area contributed by atoms with E-state index >= 15 is 0 Å². The second-order valence-corrected chi connectivity index (χ2v) is 7.62. The Kier molecular flexibility index (Phi) is 3.76. The van der Waals surface area contributed by atoms with Gasteiger partial charge in [-0.1, -0.05) is 47.1 Å². The molecule has 19 heavy (non-hydrogen) atoms. The molecule has 1 aliphatic carbocycles. The number of carbonyl (C=O) groups is 1. The highest BCUT2D eigenvalue weighted by atomic mass is 16.4. The maximum Gasteiger partial charge on any atom is 0.335 e. The lowest BCUT2D eigenvalue weighted by atomic mass is 9.65. The fourth-order valence-electron chi connectivity index (χ4n) is 2.46.